The van der Waals surface area contributed by atoms with E-state index in [1.165, 1.54) is 0 Å². The highest BCUT2D eigenvalue weighted by molar-refractivity contribution is 5.28. The number of aliphatic hydroxyl groups excluding tert-OH is 1. The maximum atomic E-state index is 9.25. The van der Waals surface area contributed by atoms with Crippen molar-refractivity contribution in [2.75, 3.05) is 38.3 Å². The summed E-state index contributed by atoms with van der Waals surface area (Å²) in [6, 6.07) is 0.620. The largest absolute Gasteiger partial charge is 0.407 e. The van der Waals surface area contributed by atoms with Crippen LogP contribution in [0.1, 0.15) is 18.7 Å². The molecule has 2 rings (SSSR count). The van der Waals surface area contributed by atoms with E-state index < -0.39 is 0 Å². The second kappa shape index (κ2) is 6.67. The van der Waals surface area contributed by atoms with Crippen molar-refractivity contribution in [3.63, 3.8) is 0 Å². The predicted molar refractivity (Wildman–Crippen MR) is 65.3 cm³/mol. The molecule has 2 heterocycles. The van der Waals surface area contributed by atoms with Crippen LogP contribution in [-0.2, 0) is 11.3 Å². The van der Waals surface area contributed by atoms with Crippen LogP contribution in [0.25, 0.3) is 0 Å². The Morgan fingerprint density at radius 1 is 1.56 bits per heavy atom. The molecule has 0 radical (unpaired) electrons. The van der Waals surface area contributed by atoms with Gasteiger partial charge in [0.1, 0.15) is 0 Å². The van der Waals surface area contributed by atoms with E-state index in [-0.39, 0.29) is 12.6 Å². The van der Waals surface area contributed by atoms with Crippen molar-refractivity contribution in [2.24, 2.45) is 0 Å². The lowest BCUT2D eigenvalue weighted by atomic mass is 10.2. The molecule has 1 atom stereocenters. The van der Waals surface area contributed by atoms with Crippen molar-refractivity contribution in [3.8, 4) is 0 Å². The van der Waals surface area contributed by atoms with Crippen molar-refractivity contribution in [1.82, 2.24) is 15.5 Å². The number of aliphatic hydroxyl groups is 1. The summed E-state index contributed by atoms with van der Waals surface area (Å²) in [7, 11) is 1.66. The van der Waals surface area contributed by atoms with E-state index in [1.807, 2.05) is 4.90 Å². The van der Waals surface area contributed by atoms with E-state index in [2.05, 4.69) is 15.5 Å². The molecule has 0 spiro atoms. The fourth-order valence-corrected chi connectivity index (χ4v) is 2.08. The molecule has 0 saturated carbocycles. The summed E-state index contributed by atoms with van der Waals surface area (Å²) in [5.41, 5.74) is 0. The van der Waals surface area contributed by atoms with Gasteiger partial charge in [0.25, 0.3) is 0 Å². The first-order valence-electron chi connectivity index (χ1n) is 6.24. The quantitative estimate of drug-likeness (QED) is 0.652. The lowest BCUT2D eigenvalue weighted by Crippen LogP contribution is -2.32. The molecule has 1 aliphatic heterocycles. The molecule has 1 unspecified atom stereocenters. The van der Waals surface area contributed by atoms with Crippen LogP contribution < -0.4 is 10.2 Å². The van der Waals surface area contributed by atoms with Crippen LogP contribution in [0.5, 0.6) is 0 Å². The van der Waals surface area contributed by atoms with Gasteiger partial charge in [-0.3, -0.25) is 0 Å². The summed E-state index contributed by atoms with van der Waals surface area (Å²) in [4.78, 5) is 1.98. The van der Waals surface area contributed by atoms with Gasteiger partial charge in [0.15, 0.2) is 0 Å². The van der Waals surface area contributed by atoms with E-state index in [0.717, 1.165) is 25.9 Å². The first-order valence-corrected chi connectivity index (χ1v) is 6.24. The molecule has 1 aromatic rings. The van der Waals surface area contributed by atoms with Crippen LogP contribution >= 0.6 is 0 Å². The minimum absolute atomic E-state index is 0.111. The maximum Gasteiger partial charge on any atom is 0.318 e. The first-order chi connectivity index (χ1) is 8.85. The number of ether oxygens (including phenoxy) is 1. The van der Waals surface area contributed by atoms with E-state index in [9.17, 15) is 5.11 Å². The fraction of sp³-hybridized carbons (Fsp3) is 0.818. The van der Waals surface area contributed by atoms with E-state index >= 15 is 0 Å². The van der Waals surface area contributed by atoms with Crippen LogP contribution in [0.4, 0.5) is 6.01 Å². The molecular formula is C11H20N4O3. The summed E-state index contributed by atoms with van der Waals surface area (Å²) in [6.07, 6.45) is 2.02. The lowest BCUT2D eigenvalue weighted by Gasteiger charge is -2.19. The highest BCUT2D eigenvalue weighted by Gasteiger charge is 2.27. The standard InChI is InChI=1S/C11H20N4O3/c1-17-6-4-12-7-10-13-14-11(18-10)15-5-2-3-9(15)8-16/h9,12,16H,2-8H2,1H3. The monoisotopic (exact) mass is 256 g/mol. The van der Waals surface area contributed by atoms with Crippen LogP contribution in [0.2, 0.25) is 0 Å². The summed E-state index contributed by atoms with van der Waals surface area (Å²) >= 11 is 0. The SMILES string of the molecule is COCCNCc1nnc(N2CCCC2CO)o1. The Balaban J connectivity index is 1.85. The molecule has 1 aromatic heterocycles. The minimum atomic E-state index is 0.111. The molecule has 102 valence electrons. The molecule has 0 amide bonds. The number of nitrogens with zero attached hydrogens (tertiary/aromatic N) is 3. The van der Waals surface area contributed by atoms with Crippen LogP contribution in [0, 0.1) is 0 Å². The normalized spacial score (nSPS) is 19.7. The maximum absolute atomic E-state index is 9.25. The van der Waals surface area contributed by atoms with Gasteiger partial charge in [-0.05, 0) is 12.8 Å². The molecule has 0 aromatic carbocycles. The van der Waals surface area contributed by atoms with Crippen molar-refractivity contribution in [2.45, 2.75) is 25.4 Å². The summed E-state index contributed by atoms with van der Waals surface area (Å²) < 4.78 is 10.5. The zero-order valence-corrected chi connectivity index (χ0v) is 10.6. The topological polar surface area (TPSA) is 83.7 Å². The van der Waals surface area contributed by atoms with Crippen molar-refractivity contribution < 1.29 is 14.3 Å². The van der Waals surface area contributed by atoms with Crippen molar-refractivity contribution in [3.05, 3.63) is 5.89 Å². The van der Waals surface area contributed by atoms with Crippen LogP contribution in [0.15, 0.2) is 4.42 Å². The number of hydrogen-bond acceptors (Lipinski definition) is 7. The average molecular weight is 256 g/mol. The molecule has 2 N–H and O–H groups in total. The van der Waals surface area contributed by atoms with Gasteiger partial charge < -0.3 is 24.5 Å². The smallest absolute Gasteiger partial charge is 0.318 e. The summed E-state index contributed by atoms with van der Waals surface area (Å²) in [6.45, 7) is 2.93. The lowest BCUT2D eigenvalue weighted by molar-refractivity contribution is 0.198. The van der Waals surface area contributed by atoms with Gasteiger partial charge in [0, 0.05) is 20.2 Å². The van der Waals surface area contributed by atoms with Gasteiger partial charge in [-0.2, -0.15) is 0 Å². The highest BCUT2D eigenvalue weighted by Crippen LogP contribution is 2.23. The average Bonchev–Trinajstić information content (AvgIpc) is 3.02. The molecule has 1 saturated heterocycles. The van der Waals surface area contributed by atoms with Gasteiger partial charge in [-0.1, -0.05) is 5.10 Å². The fourth-order valence-electron chi connectivity index (χ4n) is 2.08. The molecule has 0 bridgehead atoms. The Hall–Kier alpha value is -1.18. The first kappa shape index (κ1) is 13.3. The van der Waals surface area contributed by atoms with E-state index in [1.54, 1.807) is 7.11 Å². The molecule has 1 aliphatic rings. The third kappa shape index (κ3) is 3.18. The van der Waals surface area contributed by atoms with E-state index in [4.69, 9.17) is 9.15 Å². The van der Waals surface area contributed by atoms with Crippen molar-refractivity contribution >= 4 is 6.01 Å². The highest BCUT2D eigenvalue weighted by atomic mass is 16.5. The molecule has 18 heavy (non-hydrogen) atoms. The molecule has 1 fully saturated rings. The Labute approximate surface area is 106 Å². The van der Waals surface area contributed by atoms with Crippen LogP contribution in [0.3, 0.4) is 0 Å². The number of nitrogens with one attached hydrogen (secondary N) is 1. The Morgan fingerprint density at radius 3 is 3.22 bits per heavy atom. The number of hydrogen-bond donors (Lipinski definition) is 2. The van der Waals surface area contributed by atoms with Gasteiger partial charge >= 0.3 is 6.01 Å². The zero-order valence-electron chi connectivity index (χ0n) is 10.6. The zero-order chi connectivity index (χ0) is 12.8. The Morgan fingerprint density at radius 2 is 2.44 bits per heavy atom. The third-order valence-corrected chi connectivity index (χ3v) is 3.05. The minimum Gasteiger partial charge on any atom is -0.407 e. The number of aromatic nitrogens is 2. The van der Waals surface area contributed by atoms with Gasteiger partial charge in [-0.15, -0.1) is 5.10 Å². The number of methoxy groups -OCH3 is 1. The third-order valence-electron chi connectivity index (χ3n) is 3.05. The molecule has 7 heteroatoms. The second-order valence-electron chi connectivity index (χ2n) is 4.32. The number of anilines is 1. The Bertz CT molecular complexity index is 358. The van der Waals surface area contributed by atoms with E-state index in [0.29, 0.717) is 25.1 Å². The second-order valence-corrected chi connectivity index (χ2v) is 4.32. The van der Waals surface area contributed by atoms with Gasteiger partial charge in [-0.25, -0.2) is 0 Å². The van der Waals surface area contributed by atoms with Gasteiger partial charge in [0.05, 0.1) is 25.8 Å². The summed E-state index contributed by atoms with van der Waals surface area (Å²) in [5, 5.41) is 20.4. The number of rotatable bonds is 7. The summed E-state index contributed by atoms with van der Waals surface area (Å²) in [5.74, 6) is 0.560. The van der Waals surface area contributed by atoms with Crippen LogP contribution in [-0.4, -0.2) is 54.8 Å². The van der Waals surface area contributed by atoms with Gasteiger partial charge in [0.2, 0.25) is 5.89 Å². The molecule has 0 aliphatic carbocycles. The predicted octanol–water partition coefficient (Wildman–Crippen LogP) is -0.233. The molecular weight excluding hydrogens is 236 g/mol. The van der Waals surface area contributed by atoms with Crippen molar-refractivity contribution in [1.29, 1.82) is 0 Å². The molecule has 7 nitrogen and oxygen atoms in total. The Kier molecular flexibility index (Phi) is 4.91.